The molecule has 1 aliphatic heterocycles. The number of ether oxygens (including phenoxy) is 1. The van der Waals surface area contributed by atoms with E-state index in [4.69, 9.17) is 4.74 Å². The van der Waals surface area contributed by atoms with Crippen LogP contribution in [0.5, 0.6) is 5.75 Å². The number of rotatable bonds is 2. The summed E-state index contributed by atoms with van der Waals surface area (Å²) in [7, 11) is 1.70. The van der Waals surface area contributed by atoms with Crippen LogP contribution < -0.4 is 4.74 Å². The van der Waals surface area contributed by atoms with E-state index >= 15 is 0 Å². The van der Waals surface area contributed by atoms with Gasteiger partial charge in [0, 0.05) is 18.7 Å². The van der Waals surface area contributed by atoms with Gasteiger partial charge in [0.05, 0.1) is 7.11 Å². The number of amides is 1. The molecular weight excluding hydrogens is 190 g/mol. The number of benzene rings is 1. The molecule has 80 valence electrons. The highest BCUT2D eigenvalue weighted by Gasteiger charge is 2.18. The van der Waals surface area contributed by atoms with E-state index in [9.17, 15) is 4.79 Å². The van der Waals surface area contributed by atoms with Crippen molar-refractivity contribution in [1.29, 1.82) is 0 Å². The molecule has 0 aliphatic carbocycles. The lowest BCUT2D eigenvalue weighted by Gasteiger charge is -2.27. The van der Waals surface area contributed by atoms with Gasteiger partial charge in [-0.1, -0.05) is 6.07 Å². The second kappa shape index (κ2) is 3.93. The van der Waals surface area contributed by atoms with Crippen molar-refractivity contribution in [3.8, 4) is 5.75 Å². The maximum absolute atomic E-state index is 10.7. The summed E-state index contributed by atoms with van der Waals surface area (Å²) in [6.07, 6.45) is 1.80. The standard InChI is InChI=1S/C12H15NO2/c1-9-5-10-7-13(8-14)4-3-11(10)12(6-9)15-2/h5-6,8H,3-4,7H2,1-2H3. The molecule has 0 N–H and O–H groups in total. The van der Waals surface area contributed by atoms with E-state index in [-0.39, 0.29) is 0 Å². The van der Waals surface area contributed by atoms with Crippen molar-refractivity contribution < 1.29 is 9.53 Å². The molecule has 0 saturated heterocycles. The Morgan fingerprint density at radius 1 is 1.47 bits per heavy atom. The fourth-order valence-corrected chi connectivity index (χ4v) is 2.11. The molecule has 3 nitrogen and oxygen atoms in total. The van der Waals surface area contributed by atoms with Gasteiger partial charge >= 0.3 is 0 Å². The Morgan fingerprint density at radius 3 is 2.93 bits per heavy atom. The van der Waals surface area contributed by atoms with E-state index in [1.165, 1.54) is 16.7 Å². The molecule has 0 bridgehead atoms. The van der Waals surface area contributed by atoms with Gasteiger partial charge in [-0.25, -0.2) is 0 Å². The lowest BCUT2D eigenvalue weighted by Crippen LogP contribution is -2.29. The predicted octanol–water partition coefficient (Wildman–Crippen LogP) is 1.52. The Bertz CT molecular complexity index is 387. The first-order valence-electron chi connectivity index (χ1n) is 5.10. The molecule has 0 unspecified atom stereocenters. The van der Waals surface area contributed by atoms with E-state index in [2.05, 4.69) is 12.1 Å². The summed E-state index contributed by atoms with van der Waals surface area (Å²) in [4.78, 5) is 12.5. The van der Waals surface area contributed by atoms with Crippen molar-refractivity contribution in [2.45, 2.75) is 19.9 Å². The molecule has 3 heteroatoms. The van der Waals surface area contributed by atoms with Crippen LogP contribution in [0.25, 0.3) is 0 Å². The monoisotopic (exact) mass is 205 g/mol. The molecule has 1 aromatic carbocycles. The van der Waals surface area contributed by atoms with E-state index < -0.39 is 0 Å². The van der Waals surface area contributed by atoms with E-state index in [0.717, 1.165) is 25.1 Å². The molecule has 1 aromatic rings. The van der Waals surface area contributed by atoms with Crippen LogP contribution >= 0.6 is 0 Å². The quantitative estimate of drug-likeness (QED) is 0.685. The maximum atomic E-state index is 10.7. The minimum Gasteiger partial charge on any atom is -0.496 e. The zero-order valence-corrected chi connectivity index (χ0v) is 9.12. The number of methoxy groups -OCH3 is 1. The van der Waals surface area contributed by atoms with Gasteiger partial charge in [-0.05, 0) is 30.5 Å². The highest BCUT2D eigenvalue weighted by atomic mass is 16.5. The number of carbonyl (C=O) groups is 1. The zero-order valence-electron chi connectivity index (χ0n) is 9.12. The second-order valence-electron chi connectivity index (χ2n) is 3.93. The Hall–Kier alpha value is -1.51. The summed E-state index contributed by atoms with van der Waals surface area (Å²) in [5.74, 6) is 0.954. The molecule has 2 rings (SSSR count). The first-order valence-corrected chi connectivity index (χ1v) is 5.10. The third kappa shape index (κ3) is 1.82. The molecule has 0 fully saturated rings. The van der Waals surface area contributed by atoms with Crippen LogP contribution in [0.4, 0.5) is 0 Å². The van der Waals surface area contributed by atoms with E-state index in [1.54, 1.807) is 12.0 Å². The van der Waals surface area contributed by atoms with Crippen molar-refractivity contribution in [2.75, 3.05) is 13.7 Å². The van der Waals surface area contributed by atoms with Gasteiger partial charge in [-0.3, -0.25) is 4.79 Å². The van der Waals surface area contributed by atoms with Crippen LogP contribution in [0, 0.1) is 6.92 Å². The van der Waals surface area contributed by atoms with Gasteiger partial charge in [-0.2, -0.15) is 0 Å². The fraction of sp³-hybridized carbons (Fsp3) is 0.417. The summed E-state index contributed by atoms with van der Waals surface area (Å²) in [6.45, 7) is 3.54. The van der Waals surface area contributed by atoms with Crippen molar-refractivity contribution in [2.24, 2.45) is 0 Å². The summed E-state index contributed by atoms with van der Waals surface area (Å²) in [5.41, 5.74) is 3.64. The van der Waals surface area contributed by atoms with E-state index in [0.29, 0.717) is 6.54 Å². The SMILES string of the molecule is COc1cc(C)cc2c1CCN(C=O)C2. The fourth-order valence-electron chi connectivity index (χ4n) is 2.11. The largest absolute Gasteiger partial charge is 0.496 e. The maximum Gasteiger partial charge on any atom is 0.210 e. The van der Waals surface area contributed by atoms with Crippen LogP contribution in [0.3, 0.4) is 0 Å². The number of carbonyl (C=O) groups excluding carboxylic acids is 1. The van der Waals surface area contributed by atoms with Crippen LogP contribution in [0.1, 0.15) is 16.7 Å². The normalized spacial score (nSPS) is 14.7. The molecule has 0 aromatic heterocycles. The van der Waals surface area contributed by atoms with Gasteiger partial charge in [0.1, 0.15) is 5.75 Å². The van der Waals surface area contributed by atoms with Gasteiger partial charge in [-0.15, -0.1) is 0 Å². The summed E-state index contributed by atoms with van der Waals surface area (Å²) >= 11 is 0. The highest BCUT2D eigenvalue weighted by molar-refractivity contribution is 5.52. The smallest absolute Gasteiger partial charge is 0.210 e. The second-order valence-corrected chi connectivity index (χ2v) is 3.93. The third-order valence-electron chi connectivity index (χ3n) is 2.84. The molecule has 0 atom stereocenters. The van der Waals surface area contributed by atoms with Gasteiger partial charge in [0.25, 0.3) is 0 Å². The van der Waals surface area contributed by atoms with Crippen molar-refractivity contribution in [3.63, 3.8) is 0 Å². The topological polar surface area (TPSA) is 29.5 Å². The summed E-state index contributed by atoms with van der Waals surface area (Å²) < 4.78 is 5.36. The number of hydrogen-bond acceptors (Lipinski definition) is 2. The van der Waals surface area contributed by atoms with Crippen molar-refractivity contribution in [1.82, 2.24) is 4.90 Å². The highest BCUT2D eigenvalue weighted by Crippen LogP contribution is 2.28. The average molecular weight is 205 g/mol. The van der Waals surface area contributed by atoms with Gasteiger partial charge < -0.3 is 9.64 Å². The van der Waals surface area contributed by atoms with Crippen molar-refractivity contribution >= 4 is 6.41 Å². The third-order valence-corrected chi connectivity index (χ3v) is 2.84. The van der Waals surface area contributed by atoms with Crippen LogP contribution in [0.15, 0.2) is 12.1 Å². The number of fused-ring (bicyclic) bond motifs is 1. The molecule has 1 amide bonds. The van der Waals surface area contributed by atoms with Gasteiger partial charge in [0.15, 0.2) is 0 Å². The first-order chi connectivity index (χ1) is 7.24. The molecule has 0 spiro atoms. The molecule has 0 radical (unpaired) electrons. The lowest BCUT2D eigenvalue weighted by molar-refractivity contribution is -0.118. The minimum absolute atomic E-state index is 0.705. The number of nitrogens with zero attached hydrogens (tertiary/aromatic N) is 1. The average Bonchev–Trinajstić information content (AvgIpc) is 2.26. The Kier molecular flexibility index (Phi) is 2.62. The van der Waals surface area contributed by atoms with Crippen molar-refractivity contribution in [3.05, 3.63) is 28.8 Å². The van der Waals surface area contributed by atoms with Crippen LogP contribution in [-0.4, -0.2) is 25.0 Å². The summed E-state index contributed by atoms with van der Waals surface area (Å²) in [5, 5.41) is 0. The lowest BCUT2D eigenvalue weighted by atomic mass is 9.97. The van der Waals surface area contributed by atoms with E-state index in [1.807, 2.05) is 6.92 Å². The minimum atomic E-state index is 0.705. The molecule has 1 heterocycles. The number of aryl methyl sites for hydroxylation is 1. The van der Waals surface area contributed by atoms with Gasteiger partial charge in [0.2, 0.25) is 6.41 Å². The Labute approximate surface area is 89.7 Å². The molecule has 1 aliphatic rings. The number of hydrogen-bond donors (Lipinski definition) is 0. The first kappa shape index (κ1) is 10.0. The summed E-state index contributed by atoms with van der Waals surface area (Å²) in [6, 6.07) is 4.18. The zero-order chi connectivity index (χ0) is 10.8. The predicted molar refractivity (Wildman–Crippen MR) is 57.9 cm³/mol. The van der Waals surface area contributed by atoms with Crippen LogP contribution in [-0.2, 0) is 17.8 Å². The Balaban J connectivity index is 2.42. The molecule has 15 heavy (non-hydrogen) atoms. The molecular formula is C12H15NO2. The molecule has 0 saturated carbocycles. The Morgan fingerprint density at radius 2 is 2.27 bits per heavy atom. The van der Waals surface area contributed by atoms with Crippen LogP contribution in [0.2, 0.25) is 0 Å².